The average molecular weight is 258 g/mol. The molecule has 0 saturated heterocycles. The fourth-order valence-electron chi connectivity index (χ4n) is 2.04. The summed E-state index contributed by atoms with van der Waals surface area (Å²) in [7, 11) is 0. The third-order valence-corrected chi connectivity index (χ3v) is 3.07. The van der Waals surface area contributed by atoms with Crippen molar-refractivity contribution in [3.8, 4) is 0 Å². The molecule has 0 aromatic heterocycles. The lowest BCUT2D eigenvalue weighted by Gasteiger charge is -2.32. The van der Waals surface area contributed by atoms with Gasteiger partial charge in [0.1, 0.15) is 0 Å². The number of aliphatic carboxylic acids is 1. The molecule has 5 nitrogen and oxygen atoms in total. The van der Waals surface area contributed by atoms with E-state index in [0.717, 1.165) is 25.7 Å². The Balaban J connectivity index is 2.47. The number of carboxylic acid groups (broad SMARTS) is 1. The highest BCUT2D eigenvalue weighted by atomic mass is 16.7. The van der Waals surface area contributed by atoms with Crippen LogP contribution in [0.2, 0.25) is 0 Å². The molecule has 0 radical (unpaired) electrons. The third-order valence-electron chi connectivity index (χ3n) is 3.07. The molecule has 5 heteroatoms. The van der Waals surface area contributed by atoms with Gasteiger partial charge in [0.2, 0.25) is 5.79 Å². The summed E-state index contributed by atoms with van der Waals surface area (Å²) in [5, 5.41) is 8.73. The van der Waals surface area contributed by atoms with Gasteiger partial charge in [0.05, 0.1) is 6.10 Å². The van der Waals surface area contributed by atoms with Crippen LogP contribution in [0, 0.1) is 5.92 Å². The summed E-state index contributed by atoms with van der Waals surface area (Å²) in [5.41, 5.74) is 0. The Morgan fingerprint density at radius 1 is 1.22 bits per heavy atom. The summed E-state index contributed by atoms with van der Waals surface area (Å²) in [6, 6.07) is 0. The molecule has 1 aliphatic rings. The smallest absolute Gasteiger partial charge is 0.322 e. The van der Waals surface area contributed by atoms with Gasteiger partial charge in [-0.2, -0.15) is 0 Å². The third kappa shape index (κ3) is 4.64. The second kappa shape index (κ2) is 6.18. The zero-order valence-electron chi connectivity index (χ0n) is 11.3. The van der Waals surface area contributed by atoms with Crippen molar-refractivity contribution in [2.45, 2.75) is 64.8 Å². The molecule has 0 amide bonds. The van der Waals surface area contributed by atoms with Crippen molar-refractivity contribution >= 4 is 11.9 Å². The lowest BCUT2D eigenvalue weighted by Crippen LogP contribution is -2.39. The number of carbonyl (C=O) groups is 2. The SMILES string of the molecule is CC(C(=O)O)C(=O)OC(C)(C)OC1CCCCC1. The second-order valence-electron chi connectivity index (χ2n) is 5.26. The van der Waals surface area contributed by atoms with E-state index in [1.54, 1.807) is 13.8 Å². The second-order valence-corrected chi connectivity index (χ2v) is 5.26. The molecule has 1 unspecified atom stereocenters. The van der Waals surface area contributed by atoms with Gasteiger partial charge in [-0.25, -0.2) is 0 Å². The van der Waals surface area contributed by atoms with Gasteiger partial charge in [0, 0.05) is 13.8 Å². The Morgan fingerprint density at radius 3 is 2.28 bits per heavy atom. The first kappa shape index (κ1) is 15.0. The molecule has 1 rings (SSSR count). The van der Waals surface area contributed by atoms with Gasteiger partial charge in [-0.1, -0.05) is 19.3 Å². The highest BCUT2D eigenvalue weighted by Gasteiger charge is 2.32. The van der Waals surface area contributed by atoms with E-state index in [4.69, 9.17) is 14.6 Å². The summed E-state index contributed by atoms with van der Waals surface area (Å²) in [5.74, 6) is -4.18. The van der Waals surface area contributed by atoms with Gasteiger partial charge in [-0.05, 0) is 19.8 Å². The Kier molecular flexibility index (Phi) is 5.14. The minimum absolute atomic E-state index is 0.0988. The number of carbonyl (C=O) groups excluding carboxylic acids is 1. The topological polar surface area (TPSA) is 72.8 Å². The molecule has 0 aromatic rings. The lowest BCUT2D eigenvalue weighted by atomic mass is 9.97. The number of hydrogen-bond acceptors (Lipinski definition) is 4. The molecule has 0 aliphatic heterocycles. The van der Waals surface area contributed by atoms with E-state index < -0.39 is 23.6 Å². The highest BCUT2D eigenvalue weighted by Crippen LogP contribution is 2.26. The summed E-state index contributed by atoms with van der Waals surface area (Å²) in [6.45, 7) is 4.60. The van der Waals surface area contributed by atoms with Crippen LogP contribution in [-0.2, 0) is 19.1 Å². The first-order chi connectivity index (χ1) is 8.32. The minimum Gasteiger partial charge on any atom is -0.481 e. The zero-order valence-corrected chi connectivity index (χ0v) is 11.3. The summed E-state index contributed by atoms with van der Waals surface area (Å²) in [4.78, 5) is 22.2. The van der Waals surface area contributed by atoms with Crippen LogP contribution in [0.4, 0.5) is 0 Å². The number of carboxylic acids is 1. The lowest BCUT2D eigenvalue weighted by molar-refractivity contribution is -0.238. The zero-order chi connectivity index (χ0) is 13.8. The highest BCUT2D eigenvalue weighted by molar-refractivity contribution is 5.93. The van der Waals surface area contributed by atoms with Crippen LogP contribution in [0.15, 0.2) is 0 Å². The number of esters is 1. The first-order valence-electron chi connectivity index (χ1n) is 6.45. The molecular formula is C13H22O5. The molecule has 1 aliphatic carbocycles. The van der Waals surface area contributed by atoms with Crippen LogP contribution in [0.3, 0.4) is 0 Å². The first-order valence-corrected chi connectivity index (χ1v) is 6.45. The quantitative estimate of drug-likeness (QED) is 0.465. The van der Waals surface area contributed by atoms with Crippen LogP contribution in [0.5, 0.6) is 0 Å². The van der Waals surface area contributed by atoms with Crippen molar-refractivity contribution in [3.05, 3.63) is 0 Å². The van der Waals surface area contributed by atoms with E-state index in [1.807, 2.05) is 0 Å². The van der Waals surface area contributed by atoms with Crippen LogP contribution in [-0.4, -0.2) is 28.9 Å². The van der Waals surface area contributed by atoms with E-state index in [-0.39, 0.29) is 6.10 Å². The van der Waals surface area contributed by atoms with E-state index >= 15 is 0 Å². The number of rotatable bonds is 5. The molecule has 1 saturated carbocycles. The molecule has 18 heavy (non-hydrogen) atoms. The van der Waals surface area contributed by atoms with E-state index in [0.29, 0.717) is 0 Å². The maximum Gasteiger partial charge on any atom is 0.322 e. The van der Waals surface area contributed by atoms with Crippen LogP contribution in [0.1, 0.15) is 52.9 Å². The van der Waals surface area contributed by atoms with E-state index in [1.165, 1.54) is 13.3 Å². The number of ether oxygens (including phenoxy) is 2. The Hall–Kier alpha value is -1.10. The largest absolute Gasteiger partial charge is 0.481 e. The van der Waals surface area contributed by atoms with E-state index in [2.05, 4.69) is 0 Å². The molecule has 0 heterocycles. The van der Waals surface area contributed by atoms with Crippen molar-refractivity contribution in [2.24, 2.45) is 5.92 Å². The fraction of sp³-hybridized carbons (Fsp3) is 0.846. The molecule has 1 atom stereocenters. The van der Waals surface area contributed by atoms with Gasteiger partial charge >= 0.3 is 11.9 Å². The molecule has 0 aromatic carbocycles. The Morgan fingerprint density at radius 2 is 1.78 bits per heavy atom. The number of hydrogen-bond donors (Lipinski definition) is 1. The van der Waals surface area contributed by atoms with Crippen LogP contribution < -0.4 is 0 Å². The van der Waals surface area contributed by atoms with Crippen LogP contribution >= 0.6 is 0 Å². The van der Waals surface area contributed by atoms with Crippen molar-refractivity contribution in [2.75, 3.05) is 0 Å². The predicted octanol–water partition coefficient (Wildman–Crippen LogP) is 2.34. The minimum atomic E-state index is -1.19. The van der Waals surface area contributed by atoms with Gasteiger partial charge < -0.3 is 14.6 Å². The normalized spacial score (nSPS) is 19.3. The Bertz CT molecular complexity index is 305. The standard InChI is InChI=1S/C13H22O5/c1-9(11(14)15)12(16)18-13(2,3)17-10-7-5-4-6-8-10/h9-10H,4-8H2,1-3H3,(H,14,15). The summed E-state index contributed by atoms with van der Waals surface area (Å²) < 4.78 is 10.9. The van der Waals surface area contributed by atoms with Crippen LogP contribution in [0.25, 0.3) is 0 Å². The maximum absolute atomic E-state index is 11.6. The maximum atomic E-state index is 11.6. The fourth-order valence-corrected chi connectivity index (χ4v) is 2.04. The molecule has 0 bridgehead atoms. The molecular weight excluding hydrogens is 236 g/mol. The van der Waals surface area contributed by atoms with Gasteiger partial charge in [0.25, 0.3) is 0 Å². The predicted molar refractivity (Wildman–Crippen MR) is 64.9 cm³/mol. The monoisotopic (exact) mass is 258 g/mol. The molecule has 104 valence electrons. The van der Waals surface area contributed by atoms with Crippen molar-refractivity contribution in [3.63, 3.8) is 0 Å². The van der Waals surface area contributed by atoms with Gasteiger partial charge in [-0.3, -0.25) is 9.59 Å². The van der Waals surface area contributed by atoms with E-state index in [9.17, 15) is 9.59 Å². The van der Waals surface area contributed by atoms with Gasteiger partial charge in [0.15, 0.2) is 5.92 Å². The summed E-state index contributed by atoms with van der Waals surface area (Å²) >= 11 is 0. The summed E-state index contributed by atoms with van der Waals surface area (Å²) in [6.07, 6.45) is 5.50. The molecule has 0 spiro atoms. The van der Waals surface area contributed by atoms with Gasteiger partial charge in [-0.15, -0.1) is 0 Å². The molecule has 1 N–H and O–H groups in total. The van der Waals surface area contributed by atoms with Crippen molar-refractivity contribution < 1.29 is 24.2 Å². The van der Waals surface area contributed by atoms with Crippen molar-refractivity contribution in [1.82, 2.24) is 0 Å². The van der Waals surface area contributed by atoms with Crippen molar-refractivity contribution in [1.29, 1.82) is 0 Å². The Labute approximate surface area is 107 Å². The molecule has 1 fully saturated rings. The average Bonchev–Trinajstić information content (AvgIpc) is 2.27.